The minimum atomic E-state index is -0.0416. The van der Waals surface area contributed by atoms with Crippen LogP contribution in [-0.2, 0) is 0 Å². The Balaban J connectivity index is 1.74. The highest BCUT2D eigenvalue weighted by molar-refractivity contribution is 4.84. The van der Waals surface area contributed by atoms with E-state index in [0.29, 0.717) is 6.04 Å². The predicted octanol–water partition coefficient (Wildman–Crippen LogP) is 2.07. The van der Waals surface area contributed by atoms with E-state index in [1.165, 1.54) is 32.1 Å². The fraction of sp³-hybridized carbons (Fsp3) is 1.00. The molecule has 2 rings (SSSR count). The number of aliphatic hydroxyl groups excluding tert-OH is 1. The lowest BCUT2D eigenvalue weighted by atomic mass is 9.92. The summed E-state index contributed by atoms with van der Waals surface area (Å²) < 4.78 is 0. The third kappa shape index (κ3) is 2.71. The van der Waals surface area contributed by atoms with Gasteiger partial charge in [-0.25, -0.2) is 0 Å². The van der Waals surface area contributed by atoms with Crippen molar-refractivity contribution < 1.29 is 5.11 Å². The van der Waals surface area contributed by atoms with Crippen LogP contribution in [0.25, 0.3) is 0 Å². The molecular formula is C12H23NO. The highest BCUT2D eigenvalue weighted by atomic mass is 16.3. The Bertz CT molecular complexity index is 183. The molecule has 0 radical (unpaired) electrons. The molecule has 2 nitrogen and oxygen atoms in total. The van der Waals surface area contributed by atoms with E-state index in [1.807, 2.05) is 0 Å². The first-order valence-corrected chi connectivity index (χ1v) is 6.18. The summed E-state index contributed by atoms with van der Waals surface area (Å²) in [7, 11) is 0. The maximum atomic E-state index is 9.57. The fourth-order valence-corrected chi connectivity index (χ4v) is 3.01. The second kappa shape index (κ2) is 4.63. The monoisotopic (exact) mass is 197 g/mol. The first kappa shape index (κ1) is 10.4. The molecule has 2 N–H and O–H groups in total. The summed E-state index contributed by atoms with van der Waals surface area (Å²) in [4.78, 5) is 0. The van der Waals surface area contributed by atoms with Gasteiger partial charge in [0, 0.05) is 12.1 Å². The molecule has 0 aromatic heterocycles. The molecule has 2 saturated carbocycles. The summed E-state index contributed by atoms with van der Waals surface area (Å²) >= 11 is 0. The Morgan fingerprint density at radius 1 is 1.00 bits per heavy atom. The summed E-state index contributed by atoms with van der Waals surface area (Å²) in [6, 6.07) is 1.33. The quantitative estimate of drug-likeness (QED) is 0.710. The lowest BCUT2D eigenvalue weighted by Gasteiger charge is -2.29. The minimum Gasteiger partial charge on any atom is -0.393 e. The Morgan fingerprint density at radius 2 is 1.79 bits per heavy atom. The number of rotatable bonds is 2. The van der Waals surface area contributed by atoms with E-state index in [4.69, 9.17) is 0 Å². The third-order valence-corrected chi connectivity index (χ3v) is 3.81. The zero-order valence-electron chi connectivity index (χ0n) is 9.21. The Labute approximate surface area is 87.1 Å². The summed E-state index contributed by atoms with van der Waals surface area (Å²) in [5, 5.41) is 13.3. The Morgan fingerprint density at radius 3 is 2.43 bits per heavy atom. The van der Waals surface area contributed by atoms with Crippen LogP contribution in [0.3, 0.4) is 0 Å². The van der Waals surface area contributed by atoms with Crippen LogP contribution in [0.4, 0.5) is 0 Å². The van der Waals surface area contributed by atoms with E-state index in [9.17, 15) is 5.11 Å². The van der Waals surface area contributed by atoms with Crippen LogP contribution in [0.5, 0.6) is 0 Å². The summed E-state index contributed by atoms with van der Waals surface area (Å²) in [6.07, 6.45) is 8.47. The van der Waals surface area contributed by atoms with E-state index in [-0.39, 0.29) is 6.10 Å². The van der Waals surface area contributed by atoms with Crippen molar-refractivity contribution in [2.45, 2.75) is 70.1 Å². The second-order valence-electron chi connectivity index (χ2n) is 5.30. The van der Waals surface area contributed by atoms with Crippen LogP contribution in [0.1, 0.15) is 51.9 Å². The normalized spacial score (nSPS) is 44.1. The van der Waals surface area contributed by atoms with Gasteiger partial charge < -0.3 is 10.4 Å². The molecule has 14 heavy (non-hydrogen) atoms. The lowest BCUT2D eigenvalue weighted by Crippen LogP contribution is -2.41. The van der Waals surface area contributed by atoms with Gasteiger partial charge in [-0.05, 0) is 50.9 Å². The van der Waals surface area contributed by atoms with Gasteiger partial charge in [0.2, 0.25) is 0 Å². The zero-order chi connectivity index (χ0) is 9.97. The molecule has 2 aliphatic rings. The highest BCUT2D eigenvalue weighted by Crippen LogP contribution is 2.27. The molecule has 0 aromatic rings. The van der Waals surface area contributed by atoms with Gasteiger partial charge in [0.1, 0.15) is 0 Å². The van der Waals surface area contributed by atoms with E-state index in [1.54, 1.807) is 0 Å². The van der Waals surface area contributed by atoms with Gasteiger partial charge >= 0.3 is 0 Å². The maximum absolute atomic E-state index is 9.57. The van der Waals surface area contributed by atoms with Gasteiger partial charge in [0.25, 0.3) is 0 Å². The lowest BCUT2D eigenvalue weighted by molar-refractivity contribution is 0.108. The SMILES string of the molecule is CC1CCC(N[C@H]2CCC[C@@H](O)C2)C1. The topological polar surface area (TPSA) is 32.3 Å². The molecule has 2 unspecified atom stereocenters. The van der Waals surface area contributed by atoms with Crippen LogP contribution in [0.15, 0.2) is 0 Å². The fourth-order valence-electron chi connectivity index (χ4n) is 3.01. The molecule has 2 aliphatic carbocycles. The van der Waals surface area contributed by atoms with Gasteiger partial charge in [-0.15, -0.1) is 0 Å². The van der Waals surface area contributed by atoms with E-state index in [0.717, 1.165) is 24.8 Å². The summed E-state index contributed by atoms with van der Waals surface area (Å²) in [5.74, 6) is 0.904. The highest BCUT2D eigenvalue weighted by Gasteiger charge is 2.26. The average molecular weight is 197 g/mol. The van der Waals surface area contributed by atoms with Gasteiger partial charge in [-0.1, -0.05) is 6.92 Å². The van der Waals surface area contributed by atoms with Crippen LogP contribution < -0.4 is 5.32 Å². The van der Waals surface area contributed by atoms with Crippen molar-refractivity contribution in [1.82, 2.24) is 5.32 Å². The standard InChI is InChI=1S/C12H23NO/c1-9-5-6-11(7-9)13-10-3-2-4-12(14)8-10/h9-14H,2-8H2,1H3/t9?,10-,11?,12+/m0/s1. The largest absolute Gasteiger partial charge is 0.393 e. The third-order valence-electron chi connectivity index (χ3n) is 3.81. The molecule has 0 amide bonds. The van der Waals surface area contributed by atoms with Crippen molar-refractivity contribution in [3.63, 3.8) is 0 Å². The average Bonchev–Trinajstić information content (AvgIpc) is 2.51. The van der Waals surface area contributed by atoms with Gasteiger partial charge in [0.15, 0.2) is 0 Å². The Kier molecular flexibility index (Phi) is 3.45. The van der Waals surface area contributed by atoms with Crippen LogP contribution in [0.2, 0.25) is 0 Å². The van der Waals surface area contributed by atoms with Crippen molar-refractivity contribution in [3.05, 3.63) is 0 Å². The molecule has 0 saturated heterocycles. The summed E-state index contributed by atoms with van der Waals surface area (Å²) in [6.45, 7) is 2.34. The number of hydrogen-bond acceptors (Lipinski definition) is 2. The molecule has 2 fully saturated rings. The molecular weight excluding hydrogens is 174 g/mol. The maximum Gasteiger partial charge on any atom is 0.0555 e. The van der Waals surface area contributed by atoms with E-state index < -0.39 is 0 Å². The molecule has 0 heterocycles. The van der Waals surface area contributed by atoms with Crippen molar-refractivity contribution >= 4 is 0 Å². The molecule has 4 atom stereocenters. The number of aliphatic hydroxyl groups is 1. The van der Waals surface area contributed by atoms with Gasteiger partial charge in [-0.2, -0.15) is 0 Å². The number of hydrogen-bond donors (Lipinski definition) is 2. The molecule has 0 spiro atoms. The van der Waals surface area contributed by atoms with Crippen LogP contribution in [-0.4, -0.2) is 23.3 Å². The van der Waals surface area contributed by atoms with Crippen LogP contribution in [0, 0.1) is 5.92 Å². The molecule has 2 heteroatoms. The molecule has 0 aliphatic heterocycles. The number of nitrogens with one attached hydrogen (secondary N) is 1. The van der Waals surface area contributed by atoms with Gasteiger partial charge in [0.05, 0.1) is 6.10 Å². The minimum absolute atomic E-state index is 0.0416. The van der Waals surface area contributed by atoms with E-state index >= 15 is 0 Å². The first-order chi connectivity index (χ1) is 6.74. The molecule has 0 bridgehead atoms. The van der Waals surface area contributed by atoms with Crippen molar-refractivity contribution in [2.24, 2.45) is 5.92 Å². The summed E-state index contributed by atoms with van der Waals surface area (Å²) in [5.41, 5.74) is 0. The molecule has 0 aromatic carbocycles. The predicted molar refractivity (Wildman–Crippen MR) is 58.2 cm³/mol. The van der Waals surface area contributed by atoms with Crippen molar-refractivity contribution in [3.8, 4) is 0 Å². The van der Waals surface area contributed by atoms with Crippen LogP contribution >= 0.6 is 0 Å². The zero-order valence-corrected chi connectivity index (χ0v) is 9.21. The van der Waals surface area contributed by atoms with Crippen molar-refractivity contribution in [1.29, 1.82) is 0 Å². The first-order valence-electron chi connectivity index (χ1n) is 6.18. The Hall–Kier alpha value is -0.0800. The smallest absolute Gasteiger partial charge is 0.0555 e. The van der Waals surface area contributed by atoms with Gasteiger partial charge in [-0.3, -0.25) is 0 Å². The second-order valence-corrected chi connectivity index (χ2v) is 5.30. The van der Waals surface area contributed by atoms with Crippen molar-refractivity contribution in [2.75, 3.05) is 0 Å². The van der Waals surface area contributed by atoms with E-state index in [2.05, 4.69) is 12.2 Å². The molecule has 82 valence electrons.